The summed E-state index contributed by atoms with van der Waals surface area (Å²) in [6, 6.07) is 1.32. The average Bonchev–Trinajstić information content (AvgIpc) is 2.04. The van der Waals surface area contributed by atoms with Crippen molar-refractivity contribution in [3.63, 3.8) is 0 Å². The summed E-state index contributed by atoms with van der Waals surface area (Å²) in [6.45, 7) is 5.20. The quantitative estimate of drug-likeness (QED) is 0.537. The van der Waals surface area contributed by atoms with E-state index < -0.39 is 20.3 Å². The molecule has 0 saturated heterocycles. The first-order valence-corrected chi connectivity index (χ1v) is 6.87. The van der Waals surface area contributed by atoms with Crippen LogP contribution in [0, 0.1) is 5.92 Å². The van der Waals surface area contributed by atoms with Gasteiger partial charge in [-0.15, -0.1) is 0 Å². The third-order valence-electron chi connectivity index (χ3n) is 2.36. The van der Waals surface area contributed by atoms with Crippen LogP contribution in [-0.4, -0.2) is 19.5 Å². The van der Waals surface area contributed by atoms with Gasteiger partial charge in [-0.3, -0.25) is 4.79 Å². The summed E-state index contributed by atoms with van der Waals surface area (Å²) < 4.78 is 13.7. The van der Waals surface area contributed by atoms with E-state index in [1.165, 1.54) is 0 Å². The molecule has 0 fully saturated rings. The van der Waals surface area contributed by atoms with Crippen molar-refractivity contribution in [3.8, 4) is 0 Å². The van der Waals surface area contributed by atoms with Gasteiger partial charge in [-0.05, 0) is 18.1 Å². The number of carboxylic acids is 1. The van der Waals surface area contributed by atoms with Gasteiger partial charge in [0, 0.05) is 0 Å². The lowest BCUT2D eigenvalue weighted by Gasteiger charge is -2.20. The van der Waals surface area contributed by atoms with E-state index >= 15 is 0 Å². The van der Waals surface area contributed by atoms with E-state index in [-0.39, 0.29) is 6.04 Å². The van der Waals surface area contributed by atoms with Gasteiger partial charge in [0.1, 0.15) is 0 Å². The predicted octanol–water partition coefficient (Wildman–Crippen LogP) is 2.66. The smallest absolute Gasteiger partial charge is 0.306 e. The SMILES string of the molecule is CC[Si](F)(CC)CC(C)C(=O)O. The maximum atomic E-state index is 13.7. The van der Waals surface area contributed by atoms with Crippen LogP contribution in [0.4, 0.5) is 4.11 Å². The highest BCUT2D eigenvalue weighted by molar-refractivity contribution is 6.73. The van der Waals surface area contributed by atoms with Crippen molar-refractivity contribution in [2.75, 3.05) is 0 Å². The first-order chi connectivity index (χ1) is 5.45. The van der Waals surface area contributed by atoms with Gasteiger partial charge in [0.2, 0.25) is 8.41 Å². The van der Waals surface area contributed by atoms with Gasteiger partial charge in [0.25, 0.3) is 0 Å². The molecule has 72 valence electrons. The summed E-state index contributed by atoms with van der Waals surface area (Å²) in [6.07, 6.45) is 0. The Kier molecular flexibility index (Phi) is 4.45. The summed E-state index contributed by atoms with van der Waals surface area (Å²) in [5.74, 6) is -1.41. The molecule has 0 radical (unpaired) electrons. The first-order valence-electron chi connectivity index (χ1n) is 4.37. The number of hydrogen-bond donors (Lipinski definition) is 1. The van der Waals surface area contributed by atoms with Gasteiger partial charge in [-0.1, -0.05) is 20.8 Å². The highest BCUT2D eigenvalue weighted by Gasteiger charge is 2.33. The lowest BCUT2D eigenvalue weighted by atomic mass is 10.2. The molecule has 1 atom stereocenters. The van der Waals surface area contributed by atoms with E-state index in [1.807, 2.05) is 13.8 Å². The van der Waals surface area contributed by atoms with Crippen LogP contribution >= 0.6 is 0 Å². The number of rotatable bonds is 5. The van der Waals surface area contributed by atoms with E-state index in [4.69, 9.17) is 5.11 Å². The molecule has 1 N–H and O–H groups in total. The van der Waals surface area contributed by atoms with Gasteiger partial charge in [-0.2, -0.15) is 0 Å². The molecule has 0 amide bonds. The van der Waals surface area contributed by atoms with E-state index in [1.54, 1.807) is 6.92 Å². The molecule has 0 aromatic rings. The van der Waals surface area contributed by atoms with Crippen LogP contribution in [0.25, 0.3) is 0 Å². The second kappa shape index (κ2) is 4.60. The average molecular weight is 192 g/mol. The molecule has 4 heteroatoms. The van der Waals surface area contributed by atoms with Crippen LogP contribution in [0.3, 0.4) is 0 Å². The Hall–Kier alpha value is -0.383. The third-order valence-corrected chi connectivity index (χ3v) is 6.24. The van der Waals surface area contributed by atoms with Gasteiger partial charge < -0.3 is 9.21 Å². The van der Waals surface area contributed by atoms with Crippen LogP contribution in [0.1, 0.15) is 20.8 Å². The highest BCUT2D eigenvalue weighted by Crippen LogP contribution is 2.26. The fraction of sp³-hybridized carbons (Fsp3) is 0.875. The molecule has 0 aromatic heterocycles. The molecule has 12 heavy (non-hydrogen) atoms. The normalized spacial score (nSPS) is 14.3. The van der Waals surface area contributed by atoms with E-state index in [2.05, 4.69) is 0 Å². The van der Waals surface area contributed by atoms with Crippen molar-refractivity contribution in [2.45, 2.75) is 38.9 Å². The summed E-state index contributed by atoms with van der Waals surface area (Å²) in [5, 5.41) is 8.59. The Morgan fingerprint density at radius 3 is 2.17 bits per heavy atom. The largest absolute Gasteiger partial charge is 0.481 e. The number of hydrogen-bond acceptors (Lipinski definition) is 1. The maximum Gasteiger partial charge on any atom is 0.306 e. The zero-order valence-corrected chi connectivity index (χ0v) is 8.93. The molecule has 0 rings (SSSR count). The van der Waals surface area contributed by atoms with E-state index in [9.17, 15) is 8.90 Å². The lowest BCUT2D eigenvalue weighted by Crippen LogP contribution is -2.30. The monoisotopic (exact) mass is 192 g/mol. The molecule has 0 aromatic carbocycles. The Balaban J connectivity index is 4.11. The molecule has 0 heterocycles. The third kappa shape index (κ3) is 3.34. The minimum absolute atomic E-state index is 0.259. The number of halogens is 1. The Labute approximate surface area is 74.0 Å². The zero-order chi connectivity index (χ0) is 9.78. The Morgan fingerprint density at radius 2 is 1.92 bits per heavy atom. The molecule has 0 aliphatic carbocycles. The molecule has 1 unspecified atom stereocenters. The van der Waals surface area contributed by atoms with Gasteiger partial charge >= 0.3 is 5.97 Å². The summed E-state index contributed by atoms with van der Waals surface area (Å²) >= 11 is 0. The Morgan fingerprint density at radius 1 is 1.50 bits per heavy atom. The van der Waals surface area contributed by atoms with Gasteiger partial charge in [0.05, 0.1) is 5.92 Å². The summed E-state index contributed by atoms with van der Waals surface area (Å²) in [5.41, 5.74) is 0. The van der Waals surface area contributed by atoms with Crippen molar-refractivity contribution in [1.82, 2.24) is 0 Å². The number of carboxylic acid groups (broad SMARTS) is 1. The molecule has 2 nitrogen and oxygen atoms in total. The maximum absolute atomic E-state index is 13.7. The van der Waals surface area contributed by atoms with Crippen molar-refractivity contribution in [3.05, 3.63) is 0 Å². The second-order valence-corrected chi connectivity index (χ2v) is 7.43. The fourth-order valence-corrected chi connectivity index (χ4v) is 3.52. The predicted molar refractivity (Wildman–Crippen MR) is 49.4 cm³/mol. The van der Waals surface area contributed by atoms with Crippen LogP contribution in [0.15, 0.2) is 0 Å². The topological polar surface area (TPSA) is 37.3 Å². The molecule has 0 aliphatic rings. The molecule has 0 bridgehead atoms. The van der Waals surface area contributed by atoms with Crippen LogP contribution in [-0.2, 0) is 4.79 Å². The van der Waals surface area contributed by atoms with Crippen molar-refractivity contribution < 1.29 is 14.0 Å². The Bertz CT molecular complexity index is 157. The second-order valence-electron chi connectivity index (χ2n) is 3.30. The van der Waals surface area contributed by atoms with Crippen molar-refractivity contribution >= 4 is 14.4 Å². The molecule has 0 aliphatic heterocycles. The zero-order valence-electron chi connectivity index (χ0n) is 7.93. The molecule has 0 spiro atoms. The molecular weight excluding hydrogens is 175 g/mol. The number of carbonyl (C=O) groups is 1. The first kappa shape index (κ1) is 11.6. The lowest BCUT2D eigenvalue weighted by molar-refractivity contribution is -0.140. The van der Waals surface area contributed by atoms with Crippen molar-refractivity contribution in [2.24, 2.45) is 5.92 Å². The van der Waals surface area contributed by atoms with Crippen LogP contribution in [0.2, 0.25) is 18.1 Å². The van der Waals surface area contributed by atoms with E-state index in [0.29, 0.717) is 12.1 Å². The van der Waals surface area contributed by atoms with Gasteiger partial charge in [0.15, 0.2) is 0 Å². The van der Waals surface area contributed by atoms with Crippen LogP contribution in [0.5, 0.6) is 0 Å². The minimum atomic E-state index is -2.70. The molecule has 0 saturated carbocycles. The minimum Gasteiger partial charge on any atom is -0.481 e. The van der Waals surface area contributed by atoms with Crippen LogP contribution < -0.4 is 0 Å². The highest BCUT2D eigenvalue weighted by atomic mass is 28.4. The molecular formula is C8H17FO2Si. The van der Waals surface area contributed by atoms with Gasteiger partial charge in [-0.25, -0.2) is 0 Å². The standard InChI is InChI=1S/C8H17FO2Si/c1-4-12(9,5-2)6-7(3)8(10)11/h7H,4-6H2,1-3H3,(H,10,11). The van der Waals surface area contributed by atoms with E-state index in [0.717, 1.165) is 0 Å². The summed E-state index contributed by atoms with van der Waals surface area (Å²) in [4.78, 5) is 10.5. The van der Waals surface area contributed by atoms with Crippen molar-refractivity contribution in [1.29, 1.82) is 0 Å². The number of aliphatic carboxylic acids is 1. The summed E-state index contributed by atoms with van der Waals surface area (Å²) in [7, 11) is -2.70. The fourth-order valence-electron chi connectivity index (χ4n) is 1.17.